The van der Waals surface area contributed by atoms with Gasteiger partial charge in [-0.3, -0.25) is 9.59 Å². The van der Waals surface area contributed by atoms with Gasteiger partial charge >= 0.3 is 0 Å². The largest absolute Gasteiger partial charge is 0.440 e. The number of hydrogen-bond acceptors (Lipinski definition) is 4. The highest BCUT2D eigenvalue weighted by Crippen LogP contribution is 2.27. The zero-order chi connectivity index (χ0) is 18.7. The minimum absolute atomic E-state index is 0.0709. The van der Waals surface area contributed by atoms with E-state index in [0.29, 0.717) is 30.1 Å². The van der Waals surface area contributed by atoms with Crippen LogP contribution in [0.2, 0.25) is 0 Å². The van der Waals surface area contributed by atoms with E-state index in [1.54, 1.807) is 17.0 Å². The molecule has 1 aromatic carbocycles. The Kier molecular flexibility index (Phi) is 5.30. The Morgan fingerprint density at radius 3 is 2.77 bits per heavy atom. The molecule has 140 valence electrons. The number of nitrogens with zero attached hydrogens (tertiary/aromatic N) is 2. The van der Waals surface area contributed by atoms with Crippen molar-refractivity contribution in [2.24, 2.45) is 0 Å². The van der Waals surface area contributed by atoms with Crippen LogP contribution in [0.1, 0.15) is 58.8 Å². The van der Waals surface area contributed by atoms with Crippen LogP contribution < -0.4 is 5.32 Å². The van der Waals surface area contributed by atoms with Gasteiger partial charge in [-0.25, -0.2) is 4.98 Å². The number of nitrogens with one attached hydrogen (secondary N) is 1. The number of fused-ring (bicyclic) bond motifs is 1. The number of aromatic nitrogens is 1. The second-order valence-electron chi connectivity index (χ2n) is 7.98. The van der Waals surface area contributed by atoms with Crippen LogP contribution in [0, 0.1) is 0 Å². The van der Waals surface area contributed by atoms with Gasteiger partial charge in [0, 0.05) is 24.1 Å². The summed E-state index contributed by atoms with van der Waals surface area (Å²) in [6.45, 7) is 6.88. The summed E-state index contributed by atoms with van der Waals surface area (Å²) in [7, 11) is 0. The average molecular weight is 357 g/mol. The standard InChI is InChI=1S/C20H27N3O3/c1-20(2,3)19-22-15-12-14(9-10-16(15)26-19)21-17(24)13-23-11-7-5-4-6-8-18(23)25/h9-10,12H,4-8,11,13H2,1-3H3,(H,21,24). The summed E-state index contributed by atoms with van der Waals surface area (Å²) in [6, 6.07) is 5.42. The number of rotatable bonds is 3. The molecule has 0 radical (unpaired) electrons. The van der Waals surface area contributed by atoms with Crippen LogP contribution in [-0.4, -0.2) is 34.8 Å². The molecule has 3 rings (SSSR count). The fourth-order valence-corrected chi connectivity index (χ4v) is 3.08. The molecule has 1 saturated heterocycles. The van der Waals surface area contributed by atoms with Gasteiger partial charge in [0.2, 0.25) is 17.7 Å². The third kappa shape index (κ3) is 4.42. The van der Waals surface area contributed by atoms with Crippen LogP contribution in [0.3, 0.4) is 0 Å². The summed E-state index contributed by atoms with van der Waals surface area (Å²) in [5.41, 5.74) is 1.91. The number of carbonyl (C=O) groups is 2. The summed E-state index contributed by atoms with van der Waals surface area (Å²) >= 11 is 0. The molecular weight excluding hydrogens is 330 g/mol. The zero-order valence-electron chi connectivity index (χ0n) is 15.8. The maximum atomic E-state index is 12.4. The van der Waals surface area contributed by atoms with E-state index < -0.39 is 0 Å². The predicted octanol–water partition coefficient (Wildman–Crippen LogP) is 3.86. The van der Waals surface area contributed by atoms with E-state index >= 15 is 0 Å². The van der Waals surface area contributed by atoms with Crippen LogP contribution >= 0.6 is 0 Å². The van der Waals surface area contributed by atoms with Crippen molar-refractivity contribution >= 4 is 28.6 Å². The van der Waals surface area contributed by atoms with Gasteiger partial charge in [0.25, 0.3) is 0 Å². The van der Waals surface area contributed by atoms with Crippen LogP contribution in [0.25, 0.3) is 11.1 Å². The quantitative estimate of drug-likeness (QED) is 0.905. The van der Waals surface area contributed by atoms with Gasteiger partial charge < -0.3 is 14.6 Å². The third-order valence-electron chi connectivity index (χ3n) is 4.57. The van der Waals surface area contributed by atoms with Gasteiger partial charge in [0.1, 0.15) is 5.52 Å². The van der Waals surface area contributed by atoms with E-state index in [9.17, 15) is 9.59 Å². The lowest BCUT2D eigenvalue weighted by Gasteiger charge is -2.24. The van der Waals surface area contributed by atoms with Gasteiger partial charge in [-0.15, -0.1) is 0 Å². The Hall–Kier alpha value is -2.37. The normalized spacial score (nSPS) is 16.4. The van der Waals surface area contributed by atoms with E-state index in [-0.39, 0.29) is 23.8 Å². The van der Waals surface area contributed by atoms with E-state index in [1.165, 1.54) is 0 Å². The number of anilines is 1. The molecule has 2 aromatic rings. The summed E-state index contributed by atoms with van der Waals surface area (Å²) in [5, 5.41) is 2.87. The highest BCUT2D eigenvalue weighted by atomic mass is 16.3. The van der Waals surface area contributed by atoms with Crippen LogP contribution in [0.5, 0.6) is 0 Å². The van der Waals surface area contributed by atoms with Crippen LogP contribution in [0.15, 0.2) is 22.6 Å². The summed E-state index contributed by atoms with van der Waals surface area (Å²) < 4.78 is 5.78. The third-order valence-corrected chi connectivity index (χ3v) is 4.57. The summed E-state index contributed by atoms with van der Waals surface area (Å²) in [6.07, 6.45) is 4.62. The molecule has 2 heterocycles. The number of likely N-dealkylation sites (tertiary alicyclic amines) is 1. The van der Waals surface area contributed by atoms with Crippen molar-refractivity contribution in [3.8, 4) is 0 Å². The van der Waals surface area contributed by atoms with Crippen LogP contribution in [0.4, 0.5) is 5.69 Å². The van der Waals surface area contributed by atoms with E-state index in [1.807, 2.05) is 26.8 Å². The Labute approximate surface area is 153 Å². The number of benzene rings is 1. The monoisotopic (exact) mass is 357 g/mol. The smallest absolute Gasteiger partial charge is 0.243 e. The zero-order valence-corrected chi connectivity index (χ0v) is 15.8. The van der Waals surface area contributed by atoms with E-state index in [0.717, 1.165) is 31.2 Å². The number of hydrogen-bond donors (Lipinski definition) is 1. The van der Waals surface area contributed by atoms with Gasteiger partial charge in [-0.1, -0.05) is 33.6 Å². The molecule has 1 N–H and O–H groups in total. The molecule has 0 bridgehead atoms. The van der Waals surface area contributed by atoms with Gasteiger partial charge in [-0.2, -0.15) is 0 Å². The highest BCUT2D eigenvalue weighted by molar-refractivity contribution is 5.95. The minimum Gasteiger partial charge on any atom is -0.440 e. The first kappa shape index (κ1) is 18.4. The summed E-state index contributed by atoms with van der Waals surface area (Å²) in [4.78, 5) is 30.7. The number of oxazole rings is 1. The van der Waals surface area contributed by atoms with Gasteiger partial charge in [0.15, 0.2) is 5.58 Å². The molecule has 1 aromatic heterocycles. The first-order valence-electron chi connectivity index (χ1n) is 9.31. The minimum atomic E-state index is -0.183. The second-order valence-corrected chi connectivity index (χ2v) is 7.98. The van der Waals surface area contributed by atoms with Crippen molar-refractivity contribution in [2.45, 2.75) is 58.3 Å². The Bertz CT molecular complexity index is 804. The molecule has 0 unspecified atom stereocenters. The molecule has 0 aliphatic carbocycles. The van der Waals surface area contributed by atoms with Crippen molar-refractivity contribution in [1.29, 1.82) is 0 Å². The Balaban J connectivity index is 1.67. The number of carbonyl (C=O) groups excluding carboxylic acids is 2. The number of amides is 2. The van der Waals surface area contributed by atoms with Crippen molar-refractivity contribution in [3.63, 3.8) is 0 Å². The lowest BCUT2D eigenvalue weighted by molar-refractivity contribution is -0.135. The fourth-order valence-electron chi connectivity index (χ4n) is 3.08. The van der Waals surface area contributed by atoms with Crippen LogP contribution in [-0.2, 0) is 15.0 Å². The molecule has 0 spiro atoms. The Morgan fingerprint density at radius 2 is 2.00 bits per heavy atom. The van der Waals surface area contributed by atoms with Gasteiger partial charge in [0.05, 0.1) is 6.54 Å². The topological polar surface area (TPSA) is 75.4 Å². The molecule has 1 fully saturated rings. The maximum Gasteiger partial charge on any atom is 0.243 e. The lowest BCUT2D eigenvalue weighted by atomic mass is 9.97. The molecule has 6 nitrogen and oxygen atoms in total. The average Bonchev–Trinajstić information content (AvgIpc) is 2.98. The van der Waals surface area contributed by atoms with E-state index in [2.05, 4.69) is 10.3 Å². The fraction of sp³-hybridized carbons (Fsp3) is 0.550. The molecule has 2 amide bonds. The first-order valence-corrected chi connectivity index (χ1v) is 9.31. The maximum absolute atomic E-state index is 12.4. The van der Waals surface area contributed by atoms with Crippen molar-refractivity contribution in [2.75, 3.05) is 18.4 Å². The van der Waals surface area contributed by atoms with Crippen molar-refractivity contribution in [1.82, 2.24) is 9.88 Å². The first-order chi connectivity index (χ1) is 12.3. The second kappa shape index (κ2) is 7.48. The Morgan fingerprint density at radius 1 is 1.23 bits per heavy atom. The summed E-state index contributed by atoms with van der Waals surface area (Å²) in [5.74, 6) is 0.557. The van der Waals surface area contributed by atoms with Crippen molar-refractivity contribution < 1.29 is 14.0 Å². The van der Waals surface area contributed by atoms with E-state index in [4.69, 9.17) is 4.42 Å². The van der Waals surface area contributed by atoms with Gasteiger partial charge in [-0.05, 0) is 31.0 Å². The highest BCUT2D eigenvalue weighted by Gasteiger charge is 2.21. The predicted molar refractivity (Wildman–Crippen MR) is 101 cm³/mol. The molecule has 0 atom stereocenters. The van der Waals surface area contributed by atoms with Crippen molar-refractivity contribution in [3.05, 3.63) is 24.1 Å². The molecule has 1 aliphatic rings. The lowest BCUT2D eigenvalue weighted by Crippen LogP contribution is -2.39. The molecule has 6 heteroatoms. The molecule has 26 heavy (non-hydrogen) atoms. The molecule has 1 aliphatic heterocycles. The molecule has 0 saturated carbocycles. The molecular formula is C20H27N3O3. The SMILES string of the molecule is CC(C)(C)c1nc2cc(NC(=O)CN3CCCCCCC3=O)ccc2o1.